The molecule has 7 heteroatoms. The van der Waals surface area contributed by atoms with Gasteiger partial charge >= 0.3 is 0 Å². The second-order valence-electron chi connectivity index (χ2n) is 9.75. The molecule has 1 aliphatic heterocycles. The first-order chi connectivity index (χ1) is 13.8. The van der Waals surface area contributed by atoms with E-state index in [1.807, 2.05) is 6.92 Å². The predicted octanol–water partition coefficient (Wildman–Crippen LogP) is 2.76. The minimum atomic E-state index is -4.04. The Morgan fingerprint density at radius 3 is 2.14 bits per heavy atom. The molecule has 4 bridgehead atoms. The van der Waals surface area contributed by atoms with Crippen LogP contribution in [0, 0.1) is 24.7 Å². The number of rotatable bonds is 4. The fraction of sp³-hybridized carbons (Fsp3) is 0.636. The van der Waals surface area contributed by atoms with Gasteiger partial charge in [-0.3, -0.25) is 9.59 Å². The zero-order chi connectivity index (χ0) is 20.4. The summed E-state index contributed by atoms with van der Waals surface area (Å²) in [5, 5.41) is 3.25. The van der Waals surface area contributed by atoms with E-state index in [2.05, 4.69) is 5.32 Å². The van der Waals surface area contributed by atoms with Crippen molar-refractivity contribution in [2.24, 2.45) is 17.8 Å². The molecule has 156 valence electrons. The maximum atomic E-state index is 13.2. The molecule has 1 aromatic carbocycles. The Hall–Kier alpha value is -1.89. The van der Waals surface area contributed by atoms with E-state index in [1.54, 1.807) is 12.1 Å². The SMILES string of the molecule is Cc1ccc(S(=O)(=O)N2C(=O)CCC2C(=O)NC23CC4CC(CC(C4)C2)C3)cc1. The third-order valence-electron chi connectivity index (χ3n) is 7.47. The number of carbonyl (C=O) groups excluding carboxylic acids is 2. The summed E-state index contributed by atoms with van der Waals surface area (Å²) in [5.41, 5.74) is 0.740. The topological polar surface area (TPSA) is 83.6 Å². The van der Waals surface area contributed by atoms with Gasteiger partial charge in [0.15, 0.2) is 0 Å². The van der Waals surface area contributed by atoms with Gasteiger partial charge in [0.05, 0.1) is 4.90 Å². The van der Waals surface area contributed by atoms with Crippen LogP contribution in [0.15, 0.2) is 29.2 Å². The van der Waals surface area contributed by atoms with E-state index >= 15 is 0 Å². The molecule has 1 N–H and O–H groups in total. The van der Waals surface area contributed by atoms with Crippen molar-refractivity contribution in [1.29, 1.82) is 0 Å². The molecule has 1 atom stereocenters. The maximum Gasteiger partial charge on any atom is 0.267 e. The predicted molar refractivity (Wildman–Crippen MR) is 107 cm³/mol. The van der Waals surface area contributed by atoms with Gasteiger partial charge in [0.2, 0.25) is 11.8 Å². The van der Waals surface area contributed by atoms with Crippen LogP contribution in [-0.2, 0) is 19.6 Å². The number of benzene rings is 1. The van der Waals surface area contributed by atoms with E-state index in [4.69, 9.17) is 0 Å². The molecule has 2 amide bonds. The monoisotopic (exact) mass is 416 g/mol. The molecule has 6 rings (SSSR count). The molecule has 1 heterocycles. The molecular weight excluding hydrogens is 388 g/mol. The van der Waals surface area contributed by atoms with E-state index in [9.17, 15) is 18.0 Å². The third-order valence-corrected chi connectivity index (χ3v) is 9.31. The molecule has 6 nitrogen and oxygen atoms in total. The van der Waals surface area contributed by atoms with Crippen molar-refractivity contribution < 1.29 is 18.0 Å². The Bertz CT molecular complexity index is 918. The maximum absolute atomic E-state index is 13.2. The van der Waals surface area contributed by atoms with E-state index in [0.29, 0.717) is 17.8 Å². The quantitative estimate of drug-likeness (QED) is 0.818. The van der Waals surface area contributed by atoms with Gasteiger partial charge in [-0.1, -0.05) is 17.7 Å². The van der Waals surface area contributed by atoms with E-state index in [-0.39, 0.29) is 29.2 Å². The summed E-state index contributed by atoms with van der Waals surface area (Å²) in [6, 6.07) is 5.48. The van der Waals surface area contributed by atoms with Gasteiger partial charge in [-0.2, -0.15) is 0 Å². The molecule has 5 aliphatic rings. The zero-order valence-electron chi connectivity index (χ0n) is 16.8. The van der Waals surface area contributed by atoms with Gasteiger partial charge in [-0.25, -0.2) is 12.7 Å². The lowest BCUT2D eigenvalue weighted by molar-refractivity contribution is -0.134. The highest BCUT2D eigenvalue weighted by molar-refractivity contribution is 7.89. The van der Waals surface area contributed by atoms with E-state index in [0.717, 1.165) is 29.1 Å². The lowest BCUT2D eigenvalue weighted by Crippen LogP contribution is -2.62. The van der Waals surface area contributed by atoms with Crippen LogP contribution in [-0.4, -0.2) is 36.1 Å². The normalized spacial score (nSPS) is 35.9. The summed E-state index contributed by atoms with van der Waals surface area (Å²) < 4.78 is 27.2. The fourth-order valence-corrected chi connectivity index (χ4v) is 8.24. The summed E-state index contributed by atoms with van der Waals surface area (Å²) in [7, 11) is -4.04. The van der Waals surface area contributed by atoms with Crippen molar-refractivity contribution in [1.82, 2.24) is 9.62 Å². The van der Waals surface area contributed by atoms with E-state index < -0.39 is 22.0 Å². The summed E-state index contributed by atoms with van der Waals surface area (Å²) in [6.45, 7) is 1.87. The highest BCUT2D eigenvalue weighted by Crippen LogP contribution is 2.55. The number of aryl methyl sites for hydroxylation is 1. The Morgan fingerprint density at radius 1 is 1.03 bits per heavy atom. The molecule has 0 radical (unpaired) electrons. The van der Waals surface area contributed by atoms with Crippen molar-refractivity contribution in [2.45, 2.75) is 74.8 Å². The van der Waals surface area contributed by atoms with Crippen LogP contribution in [0.5, 0.6) is 0 Å². The molecule has 29 heavy (non-hydrogen) atoms. The van der Waals surface area contributed by atoms with Gasteiger partial charge in [0.25, 0.3) is 10.0 Å². The number of hydrogen-bond acceptors (Lipinski definition) is 4. The highest BCUT2D eigenvalue weighted by atomic mass is 32.2. The van der Waals surface area contributed by atoms with E-state index in [1.165, 1.54) is 31.4 Å². The van der Waals surface area contributed by atoms with Gasteiger partial charge in [0.1, 0.15) is 6.04 Å². The second-order valence-corrected chi connectivity index (χ2v) is 11.6. The molecule has 4 aliphatic carbocycles. The molecule has 0 aromatic heterocycles. The summed E-state index contributed by atoms with van der Waals surface area (Å²) in [5.74, 6) is 1.25. The molecule has 1 saturated heterocycles. The van der Waals surface area contributed by atoms with Crippen molar-refractivity contribution in [3.05, 3.63) is 29.8 Å². The van der Waals surface area contributed by atoms with Crippen LogP contribution in [0.1, 0.15) is 56.9 Å². The number of carbonyl (C=O) groups is 2. The molecule has 0 spiro atoms. The van der Waals surface area contributed by atoms with Crippen LogP contribution < -0.4 is 5.32 Å². The lowest BCUT2D eigenvalue weighted by Gasteiger charge is -2.57. The van der Waals surface area contributed by atoms with Crippen LogP contribution in [0.3, 0.4) is 0 Å². The standard InChI is InChI=1S/C22H28N2O4S/c1-14-2-4-18(5-3-14)29(27,28)24-19(6-7-20(24)25)21(26)23-22-11-15-8-16(12-22)10-17(9-15)13-22/h2-5,15-17,19H,6-13H2,1H3,(H,23,26). The van der Waals surface area contributed by atoms with Gasteiger partial charge in [0, 0.05) is 12.0 Å². The number of nitrogens with zero attached hydrogens (tertiary/aromatic N) is 1. The number of nitrogens with one attached hydrogen (secondary N) is 1. The van der Waals surface area contributed by atoms with Crippen LogP contribution in [0.4, 0.5) is 0 Å². The fourth-order valence-electron chi connectivity index (χ4n) is 6.63. The first kappa shape index (κ1) is 19.1. The second kappa shape index (κ2) is 6.56. The van der Waals surface area contributed by atoms with Crippen LogP contribution >= 0.6 is 0 Å². The van der Waals surface area contributed by atoms with Crippen molar-refractivity contribution in [3.8, 4) is 0 Å². The zero-order valence-corrected chi connectivity index (χ0v) is 17.6. The average molecular weight is 417 g/mol. The Labute approximate surface area is 172 Å². The van der Waals surface area contributed by atoms with Crippen molar-refractivity contribution in [3.63, 3.8) is 0 Å². The van der Waals surface area contributed by atoms with Crippen LogP contribution in [0.2, 0.25) is 0 Å². The molecule has 4 saturated carbocycles. The summed E-state index contributed by atoms with van der Waals surface area (Å²) in [6.07, 6.45) is 7.13. The van der Waals surface area contributed by atoms with Gasteiger partial charge in [-0.15, -0.1) is 0 Å². The molecule has 1 unspecified atom stereocenters. The number of amides is 2. The third kappa shape index (κ3) is 3.18. The first-order valence-corrected chi connectivity index (χ1v) is 12.2. The van der Waals surface area contributed by atoms with Crippen molar-refractivity contribution in [2.75, 3.05) is 0 Å². The minimum absolute atomic E-state index is 0.0611. The number of sulfonamides is 1. The molecule has 5 fully saturated rings. The summed E-state index contributed by atoms with van der Waals surface area (Å²) in [4.78, 5) is 25.8. The van der Waals surface area contributed by atoms with Gasteiger partial charge < -0.3 is 5.32 Å². The average Bonchev–Trinajstić information content (AvgIpc) is 3.03. The first-order valence-electron chi connectivity index (χ1n) is 10.7. The highest BCUT2D eigenvalue weighted by Gasteiger charge is 2.53. The van der Waals surface area contributed by atoms with Crippen molar-refractivity contribution >= 4 is 21.8 Å². The summed E-state index contributed by atoms with van der Waals surface area (Å²) >= 11 is 0. The molecular formula is C22H28N2O4S. The number of hydrogen-bond donors (Lipinski definition) is 1. The van der Waals surface area contributed by atoms with Crippen LogP contribution in [0.25, 0.3) is 0 Å². The Kier molecular flexibility index (Phi) is 4.32. The van der Waals surface area contributed by atoms with Gasteiger partial charge in [-0.05, 0) is 81.8 Å². The Balaban J connectivity index is 1.39. The largest absolute Gasteiger partial charge is 0.349 e. The minimum Gasteiger partial charge on any atom is -0.349 e. The molecule has 1 aromatic rings. The lowest BCUT2D eigenvalue weighted by atomic mass is 9.53. The Morgan fingerprint density at radius 2 is 1.59 bits per heavy atom. The smallest absolute Gasteiger partial charge is 0.267 e.